The molecule has 0 saturated carbocycles. The average molecular weight is 430 g/mol. The maximum Gasteiger partial charge on any atom is 0.248 e. The number of amides is 1. The summed E-state index contributed by atoms with van der Waals surface area (Å²) in [5, 5.41) is 13.7. The van der Waals surface area contributed by atoms with Crippen LogP contribution in [0.5, 0.6) is 5.75 Å². The average Bonchev–Trinajstić information content (AvgIpc) is 3.25. The van der Waals surface area contributed by atoms with Gasteiger partial charge in [-0.15, -0.1) is 5.10 Å². The summed E-state index contributed by atoms with van der Waals surface area (Å²) in [7, 11) is 0. The molecule has 0 radical (unpaired) electrons. The van der Waals surface area contributed by atoms with Crippen molar-refractivity contribution >= 4 is 17.7 Å². The predicted octanol–water partition coefficient (Wildman–Crippen LogP) is 3.74. The van der Waals surface area contributed by atoms with E-state index in [1.165, 1.54) is 29.0 Å². The number of hydrogen-bond acceptors (Lipinski definition) is 6. The Labute approximate surface area is 183 Å². The normalized spacial score (nSPS) is 10.9. The molecule has 0 bridgehead atoms. The zero-order valence-electron chi connectivity index (χ0n) is 17.1. The van der Waals surface area contributed by atoms with E-state index in [1.807, 2.05) is 36.4 Å². The van der Waals surface area contributed by atoms with Crippen LogP contribution in [0, 0.1) is 12.7 Å². The fourth-order valence-corrected chi connectivity index (χ4v) is 2.88. The summed E-state index contributed by atoms with van der Waals surface area (Å²) < 4.78 is 21.3. The number of ether oxygens (including phenoxy) is 1. The first-order valence-corrected chi connectivity index (χ1v) is 9.74. The Morgan fingerprint density at radius 1 is 1.19 bits per heavy atom. The van der Waals surface area contributed by atoms with E-state index in [4.69, 9.17) is 4.74 Å². The Morgan fingerprint density at radius 2 is 2.03 bits per heavy atom. The van der Waals surface area contributed by atoms with E-state index in [9.17, 15) is 9.18 Å². The van der Waals surface area contributed by atoms with Gasteiger partial charge in [0.05, 0.1) is 11.4 Å². The van der Waals surface area contributed by atoms with E-state index in [1.54, 1.807) is 25.4 Å². The van der Waals surface area contributed by atoms with Gasteiger partial charge in [0.15, 0.2) is 5.82 Å². The number of aryl methyl sites for hydroxylation is 1. The fraction of sp³-hybridized carbons (Fsp3) is 0.0870. The van der Waals surface area contributed by atoms with Gasteiger partial charge in [-0.05, 0) is 65.4 Å². The second kappa shape index (κ2) is 9.61. The minimum atomic E-state index is -0.559. The quantitative estimate of drug-likeness (QED) is 0.449. The SMILES string of the molecule is Cc1nnnn1-c1ccc(F)c(NC(=O)/C=C/c2ccc(OCc3cccnc3)cc2)c1. The van der Waals surface area contributed by atoms with E-state index in [-0.39, 0.29) is 5.69 Å². The number of aromatic nitrogens is 5. The van der Waals surface area contributed by atoms with Gasteiger partial charge < -0.3 is 10.1 Å². The molecule has 0 aliphatic carbocycles. The van der Waals surface area contributed by atoms with Gasteiger partial charge in [-0.1, -0.05) is 18.2 Å². The topological polar surface area (TPSA) is 94.8 Å². The van der Waals surface area contributed by atoms with Gasteiger partial charge >= 0.3 is 0 Å². The Kier molecular flexibility index (Phi) is 6.26. The van der Waals surface area contributed by atoms with E-state index in [0.717, 1.165) is 11.1 Å². The number of anilines is 1. The number of nitrogens with one attached hydrogen (secondary N) is 1. The number of nitrogens with zero attached hydrogens (tertiary/aromatic N) is 5. The Bertz CT molecular complexity index is 1240. The zero-order valence-corrected chi connectivity index (χ0v) is 17.1. The fourth-order valence-electron chi connectivity index (χ4n) is 2.88. The second-order valence-electron chi connectivity index (χ2n) is 6.84. The number of benzene rings is 2. The third-order valence-corrected chi connectivity index (χ3v) is 4.51. The highest BCUT2D eigenvalue weighted by Crippen LogP contribution is 2.19. The molecule has 0 saturated heterocycles. The molecule has 8 nitrogen and oxygen atoms in total. The molecule has 1 amide bonds. The van der Waals surface area contributed by atoms with Crippen LogP contribution in [-0.2, 0) is 11.4 Å². The van der Waals surface area contributed by atoms with E-state index in [0.29, 0.717) is 23.9 Å². The number of hydrogen-bond donors (Lipinski definition) is 1. The molecule has 0 fully saturated rings. The predicted molar refractivity (Wildman–Crippen MR) is 117 cm³/mol. The first kappa shape index (κ1) is 20.9. The van der Waals surface area contributed by atoms with Crippen molar-refractivity contribution in [3.05, 3.63) is 95.8 Å². The van der Waals surface area contributed by atoms with Gasteiger partial charge in [-0.25, -0.2) is 4.39 Å². The summed E-state index contributed by atoms with van der Waals surface area (Å²) in [5.41, 5.74) is 2.34. The number of halogens is 1. The van der Waals surface area contributed by atoms with Crippen molar-refractivity contribution in [1.29, 1.82) is 0 Å². The number of tetrazole rings is 1. The molecular weight excluding hydrogens is 411 g/mol. The molecule has 2 heterocycles. The molecule has 9 heteroatoms. The van der Waals surface area contributed by atoms with Crippen molar-refractivity contribution in [2.75, 3.05) is 5.32 Å². The van der Waals surface area contributed by atoms with Crippen LogP contribution in [0.2, 0.25) is 0 Å². The van der Waals surface area contributed by atoms with E-state index >= 15 is 0 Å². The highest BCUT2D eigenvalue weighted by Gasteiger charge is 2.10. The van der Waals surface area contributed by atoms with Gasteiger partial charge in [0.25, 0.3) is 0 Å². The summed E-state index contributed by atoms with van der Waals surface area (Å²) >= 11 is 0. The first-order valence-electron chi connectivity index (χ1n) is 9.74. The van der Waals surface area contributed by atoms with Crippen LogP contribution in [0.25, 0.3) is 11.8 Å². The van der Waals surface area contributed by atoms with Crippen molar-refractivity contribution in [1.82, 2.24) is 25.2 Å². The molecule has 160 valence electrons. The largest absolute Gasteiger partial charge is 0.489 e. The maximum atomic E-state index is 14.2. The van der Waals surface area contributed by atoms with Crippen molar-refractivity contribution < 1.29 is 13.9 Å². The van der Waals surface area contributed by atoms with Crippen LogP contribution in [-0.4, -0.2) is 31.1 Å². The molecule has 0 unspecified atom stereocenters. The van der Waals surface area contributed by atoms with Gasteiger partial charge in [-0.2, -0.15) is 4.68 Å². The molecule has 0 aliphatic rings. The molecule has 4 aromatic rings. The van der Waals surface area contributed by atoms with Crippen molar-refractivity contribution in [2.45, 2.75) is 13.5 Å². The van der Waals surface area contributed by atoms with Gasteiger partial charge in [0.1, 0.15) is 18.2 Å². The minimum Gasteiger partial charge on any atom is -0.489 e. The molecular formula is C23H19FN6O2. The first-order chi connectivity index (χ1) is 15.6. The molecule has 32 heavy (non-hydrogen) atoms. The lowest BCUT2D eigenvalue weighted by atomic mass is 10.2. The van der Waals surface area contributed by atoms with Crippen molar-refractivity contribution in [2.24, 2.45) is 0 Å². The van der Waals surface area contributed by atoms with Crippen LogP contribution in [0.15, 0.2) is 73.1 Å². The molecule has 2 aromatic carbocycles. The lowest BCUT2D eigenvalue weighted by molar-refractivity contribution is -0.111. The van der Waals surface area contributed by atoms with Crippen molar-refractivity contribution in [3.63, 3.8) is 0 Å². The number of rotatable bonds is 7. The summed E-state index contributed by atoms with van der Waals surface area (Å²) in [5.74, 6) is 0.219. The third-order valence-electron chi connectivity index (χ3n) is 4.51. The number of pyridine rings is 1. The third kappa shape index (κ3) is 5.20. The van der Waals surface area contributed by atoms with Gasteiger partial charge in [0.2, 0.25) is 5.91 Å². The number of carbonyl (C=O) groups excluding carboxylic acids is 1. The molecule has 4 rings (SSSR count). The Morgan fingerprint density at radius 3 is 2.75 bits per heavy atom. The van der Waals surface area contributed by atoms with Crippen LogP contribution in [0.1, 0.15) is 17.0 Å². The van der Waals surface area contributed by atoms with E-state index in [2.05, 4.69) is 25.8 Å². The van der Waals surface area contributed by atoms with Crippen LogP contribution in [0.4, 0.5) is 10.1 Å². The van der Waals surface area contributed by atoms with Crippen LogP contribution < -0.4 is 10.1 Å². The highest BCUT2D eigenvalue weighted by molar-refractivity contribution is 6.02. The summed E-state index contributed by atoms with van der Waals surface area (Å²) in [6.45, 7) is 2.14. The molecule has 0 spiro atoms. The standard InChI is InChI=1S/C23H19FN6O2/c1-16-27-28-29-30(16)19-7-10-21(24)22(13-19)26-23(31)11-6-17-4-8-20(9-5-17)32-15-18-3-2-12-25-14-18/h2-14H,15H2,1H3,(H,26,31)/b11-6+. The minimum absolute atomic E-state index is 0.0335. The summed E-state index contributed by atoms with van der Waals surface area (Å²) in [6, 6.07) is 15.3. The molecule has 1 N–H and O–H groups in total. The van der Waals surface area contributed by atoms with Crippen LogP contribution in [0.3, 0.4) is 0 Å². The second-order valence-corrected chi connectivity index (χ2v) is 6.84. The molecule has 2 aromatic heterocycles. The van der Waals surface area contributed by atoms with Gasteiger partial charge in [-0.3, -0.25) is 9.78 Å². The summed E-state index contributed by atoms with van der Waals surface area (Å²) in [4.78, 5) is 16.3. The molecule has 0 atom stereocenters. The van der Waals surface area contributed by atoms with Gasteiger partial charge in [0, 0.05) is 24.0 Å². The maximum absolute atomic E-state index is 14.2. The smallest absolute Gasteiger partial charge is 0.248 e. The summed E-state index contributed by atoms with van der Waals surface area (Å²) in [6.07, 6.45) is 6.42. The lowest BCUT2D eigenvalue weighted by Gasteiger charge is -2.08. The monoisotopic (exact) mass is 430 g/mol. The Hall–Kier alpha value is -4.40. The van der Waals surface area contributed by atoms with E-state index < -0.39 is 11.7 Å². The molecule has 0 aliphatic heterocycles. The Balaban J connectivity index is 1.37. The van der Waals surface area contributed by atoms with Crippen LogP contribution >= 0.6 is 0 Å². The highest BCUT2D eigenvalue weighted by atomic mass is 19.1. The zero-order chi connectivity index (χ0) is 22.3. The number of carbonyl (C=O) groups is 1. The lowest BCUT2D eigenvalue weighted by Crippen LogP contribution is -2.10. The van der Waals surface area contributed by atoms with Crippen molar-refractivity contribution in [3.8, 4) is 11.4 Å².